The van der Waals surface area contributed by atoms with Crippen molar-refractivity contribution in [3.63, 3.8) is 0 Å². The normalized spacial score (nSPS) is 18.4. The number of nitrogens with one attached hydrogen (secondary N) is 1. The first kappa shape index (κ1) is 15.3. The van der Waals surface area contributed by atoms with Gasteiger partial charge in [-0.25, -0.2) is 4.39 Å². The van der Waals surface area contributed by atoms with E-state index in [-0.39, 0.29) is 17.1 Å². The van der Waals surface area contributed by atoms with Crippen molar-refractivity contribution < 1.29 is 14.3 Å². The fourth-order valence-corrected chi connectivity index (χ4v) is 2.79. The minimum Gasteiger partial charge on any atom is -0.388 e. The fourth-order valence-electron chi connectivity index (χ4n) is 2.58. The van der Waals surface area contributed by atoms with E-state index in [1.54, 1.807) is 0 Å². The molecule has 0 saturated heterocycles. The zero-order chi connectivity index (χ0) is 14.6. The molecule has 2 N–H and O–H groups in total. The van der Waals surface area contributed by atoms with Crippen LogP contribution in [0.5, 0.6) is 0 Å². The number of benzene rings is 1. The number of carbonyl (C=O) groups excluding carboxylic acids is 1. The molecule has 0 radical (unpaired) electrons. The van der Waals surface area contributed by atoms with Crippen LogP contribution < -0.4 is 5.32 Å². The first-order valence-electron chi connectivity index (χ1n) is 6.96. The molecule has 0 spiro atoms. The Kier molecular flexibility index (Phi) is 5.00. The summed E-state index contributed by atoms with van der Waals surface area (Å²) in [5.74, 6) is -1.07. The molecule has 1 aromatic rings. The third kappa shape index (κ3) is 3.70. The average Bonchev–Trinajstić information content (AvgIpc) is 2.65. The van der Waals surface area contributed by atoms with Gasteiger partial charge in [-0.3, -0.25) is 4.79 Å². The third-order valence-electron chi connectivity index (χ3n) is 3.81. The van der Waals surface area contributed by atoms with Gasteiger partial charge in [0.05, 0.1) is 16.2 Å². The molecule has 1 aliphatic rings. The highest BCUT2D eigenvalue weighted by atomic mass is 35.5. The van der Waals surface area contributed by atoms with E-state index in [1.165, 1.54) is 18.2 Å². The molecular weight excluding hydrogens is 281 g/mol. The second-order valence-electron chi connectivity index (χ2n) is 5.42. The van der Waals surface area contributed by atoms with Crippen molar-refractivity contribution in [3.8, 4) is 0 Å². The number of rotatable bonds is 3. The number of carbonyl (C=O) groups is 1. The molecule has 0 atom stereocenters. The summed E-state index contributed by atoms with van der Waals surface area (Å²) in [5, 5.41) is 12.9. The highest BCUT2D eigenvalue weighted by Crippen LogP contribution is 2.26. The van der Waals surface area contributed by atoms with Gasteiger partial charge in [0, 0.05) is 6.54 Å². The van der Waals surface area contributed by atoms with Gasteiger partial charge in [0.2, 0.25) is 0 Å². The molecule has 1 saturated carbocycles. The Bertz CT molecular complexity index is 485. The highest BCUT2D eigenvalue weighted by Gasteiger charge is 2.28. The zero-order valence-corrected chi connectivity index (χ0v) is 12.0. The molecule has 110 valence electrons. The van der Waals surface area contributed by atoms with Gasteiger partial charge in [-0.2, -0.15) is 0 Å². The summed E-state index contributed by atoms with van der Waals surface area (Å²) in [6.07, 6.45) is 5.53. The lowest BCUT2D eigenvalue weighted by Crippen LogP contribution is -2.42. The molecule has 0 aliphatic heterocycles. The summed E-state index contributed by atoms with van der Waals surface area (Å²) in [4.78, 5) is 12.0. The molecule has 0 bridgehead atoms. The molecule has 20 heavy (non-hydrogen) atoms. The van der Waals surface area contributed by atoms with Crippen LogP contribution in [0.15, 0.2) is 18.2 Å². The van der Waals surface area contributed by atoms with Gasteiger partial charge in [0.1, 0.15) is 5.82 Å². The summed E-state index contributed by atoms with van der Waals surface area (Å²) in [6, 6.07) is 4.12. The molecule has 3 nitrogen and oxygen atoms in total. The maximum Gasteiger partial charge on any atom is 0.253 e. The average molecular weight is 300 g/mol. The van der Waals surface area contributed by atoms with Crippen molar-refractivity contribution in [2.75, 3.05) is 6.54 Å². The Morgan fingerprint density at radius 3 is 2.60 bits per heavy atom. The molecule has 1 amide bonds. The van der Waals surface area contributed by atoms with Gasteiger partial charge < -0.3 is 10.4 Å². The van der Waals surface area contributed by atoms with Crippen LogP contribution in [0.1, 0.15) is 48.9 Å². The Morgan fingerprint density at radius 1 is 1.30 bits per heavy atom. The van der Waals surface area contributed by atoms with Crippen LogP contribution in [-0.2, 0) is 0 Å². The summed E-state index contributed by atoms with van der Waals surface area (Å²) < 4.78 is 13.3. The van der Waals surface area contributed by atoms with Gasteiger partial charge in [0.25, 0.3) is 5.91 Å². The maximum absolute atomic E-state index is 13.3. The molecule has 2 rings (SSSR count). The first-order chi connectivity index (χ1) is 9.52. The SMILES string of the molecule is O=C(NCC1(O)CCCCCC1)c1cccc(F)c1Cl. The molecule has 0 unspecified atom stereocenters. The van der Waals surface area contributed by atoms with Crippen LogP contribution in [0.3, 0.4) is 0 Å². The van der Waals surface area contributed by atoms with Crippen LogP contribution in [0.4, 0.5) is 4.39 Å². The largest absolute Gasteiger partial charge is 0.388 e. The van der Waals surface area contributed by atoms with Gasteiger partial charge in [-0.15, -0.1) is 0 Å². The van der Waals surface area contributed by atoms with E-state index >= 15 is 0 Å². The summed E-state index contributed by atoms with van der Waals surface area (Å²) in [6.45, 7) is 0.179. The molecule has 1 aromatic carbocycles. The molecule has 1 fully saturated rings. The Hall–Kier alpha value is -1.13. The van der Waals surface area contributed by atoms with E-state index in [9.17, 15) is 14.3 Å². The van der Waals surface area contributed by atoms with Gasteiger partial charge in [-0.05, 0) is 25.0 Å². The number of hydrogen-bond donors (Lipinski definition) is 2. The van der Waals surface area contributed by atoms with Crippen molar-refractivity contribution >= 4 is 17.5 Å². The second kappa shape index (κ2) is 6.55. The lowest BCUT2D eigenvalue weighted by Gasteiger charge is -2.26. The monoisotopic (exact) mass is 299 g/mol. The minimum absolute atomic E-state index is 0.101. The summed E-state index contributed by atoms with van der Waals surface area (Å²) >= 11 is 5.77. The smallest absolute Gasteiger partial charge is 0.253 e. The number of aliphatic hydroxyl groups is 1. The Labute approximate surface area is 123 Å². The lowest BCUT2D eigenvalue weighted by atomic mass is 9.94. The Morgan fingerprint density at radius 2 is 1.95 bits per heavy atom. The Balaban J connectivity index is 1.99. The predicted octanol–water partition coefficient (Wildman–Crippen LogP) is 3.29. The lowest BCUT2D eigenvalue weighted by molar-refractivity contribution is 0.0246. The van der Waals surface area contributed by atoms with E-state index in [4.69, 9.17) is 11.6 Å². The highest BCUT2D eigenvalue weighted by molar-refractivity contribution is 6.34. The van der Waals surface area contributed by atoms with Gasteiger partial charge >= 0.3 is 0 Å². The molecule has 5 heteroatoms. The maximum atomic E-state index is 13.3. The predicted molar refractivity (Wildman–Crippen MR) is 76.4 cm³/mol. The van der Waals surface area contributed by atoms with Crippen LogP contribution in [-0.4, -0.2) is 23.2 Å². The van der Waals surface area contributed by atoms with Crippen molar-refractivity contribution in [1.29, 1.82) is 0 Å². The van der Waals surface area contributed by atoms with Crippen molar-refractivity contribution in [1.82, 2.24) is 5.32 Å². The van der Waals surface area contributed by atoms with Crippen molar-refractivity contribution in [3.05, 3.63) is 34.6 Å². The van der Waals surface area contributed by atoms with Crippen LogP contribution in [0, 0.1) is 5.82 Å². The van der Waals surface area contributed by atoms with E-state index in [1.807, 2.05) is 0 Å². The summed E-state index contributed by atoms with van der Waals surface area (Å²) in [7, 11) is 0. The topological polar surface area (TPSA) is 49.3 Å². The van der Waals surface area contributed by atoms with Crippen LogP contribution >= 0.6 is 11.6 Å². The zero-order valence-electron chi connectivity index (χ0n) is 11.3. The molecular formula is C15H19ClFNO2. The summed E-state index contributed by atoms with van der Waals surface area (Å²) in [5.41, 5.74) is -0.754. The number of amides is 1. The third-order valence-corrected chi connectivity index (χ3v) is 4.19. The number of halogens is 2. The second-order valence-corrected chi connectivity index (χ2v) is 5.80. The quantitative estimate of drug-likeness (QED) is 0.841. The van der Waals surface area contributed by atoms with E-state index in [0.717, 1.165) is 25.7 Å². The fraction of sp³-hybridized carbons (Fsp3) is 0.533. The first-order valence-corrected chi connectivity index (χ1v) is 7.34. The van der Waals surface area contributed by atoms with Gasteiger partial charge in [-0.1, -0.05) is 43.4 Å². The standard InChI is InChI=1S/C15H19ClFNO2/c16-13-11(6-5-7-12(13)17)14(19)18-10-15(20)8-3-1-2-4-9-15/h5-7,20H,1-4,8-10H2,(H,18,19). The number of hydrogen-bond acceptors (Lipinski definition) is 2. The molecule has 1 aliphatic carbocycles. The van der Waals surface area contributed by atoms with E-state index in [2.05, 4.69) is 5.32 Å². The van der Waals surface area contributed by atoms with Gasteiger partial charge in [0.15, 0.2) is 0 Å². The van der Waals surface area contributed by atoms with E-state index in [0.29, 0.717) is 12.8 Å². The minimum atomic E-state index is -0.855. The van der Waals surface area contributed by atoms with Crippen molar-refractivity contribution in [2.24, 2.45) is 0 Å². The van der Waals surface area contributed by atoms with Crippen LogP contribution in [0.25, 0.3) is 0 Å². The van der Waals surface area contributed by atoms with E-state index < -0.39 is 17.3 Å². The van der Waals surface area contributed by atoms with Crippen LogP contribution in [0.2, 0.25) is 5.02 Å². The van der Waals surface area contributed by atoms with Crippen molar-refractivity contribution in [2.45, 2.75) is 44.1 Å². The molecule has 0 aromatic heterocycles. The molecule has 0 heterocycles.